The molecule has 9 rings (SSSR count). The highest BCUT2D eigenvalue weighted by Gasteiger charge is 2.42. The average Bonchev–Trinajstić information content (AvgIpc) is 3.65. The van der Waals surface area contributed by atoms with E-state index in [1.807, 2.05) is 12.3 Å². The molecule has 0 saturated heterocycles. The van der Waals surface area contributed by atoms with Crippen molar-refractivity contribution in [2.75, 3.05) is 0 Å². The van der Waals surface area contributed by atoms with Crippen LogP contribution in [0.3, 0.4) is 0 Å². The fraction of sp³-hybridized carbons (Fsp3) is 0.0238. The van der Waals surface area contributed by atoms with Crippen LogP contribution in [0.25, 0.3) is 38.8 Å². The van der Waals surface area contributed by atoms with Gasteiger partial charge >= 0.3 is 0 Å². The Bertz CT molecular complexity index is 2190. The first-order valence-electron chi connectivity index (χ1n) is 15.6. The van der Waals surface area contributed by atoms with Crippen LogP contribution in [0.2, 0.25) is 0 Å². The molecule has 1 aliphatic rings. The van der Waals surface area contributed by atoms with E-state index in [9.17, 15) is 0 Å². The molecular weight excluding hydrogens is 561 g/mol. The van der Waals surface area contributed by atoms with Crippen molar-refractivity contribution < 1.29 is 0 Å². The standard InChI is InChI=1S/C42H30N2Si/c1-4-13-33(14-5-1)45(34-15-6-2-7-16-34,35-17-8-3-9-18-35)36-25-23-31-27-30-22-24-32(28-38(30)39(31)29-36)44-40-20-11-10-19-37(40)42-41(44)21-12-26-43-42/h1-26,28-29H,27H2. The zero-order valence-corrected chi connectivity index (χ0v) is 25.8. The van der Waals surface area contributed by atoms with Crippen molar-refractivity contribution in [3.8, 4) is 16.8 Å². The minimum Gasteiger partial charge on any atom is -0.308 e. The van der Waals surface area contributed by atoms with Crippen molar-refractivity contribution in [1.29, 1.82) is 0 Å². The number of fused-ring (bicyclic) bond motifs is 6. The molecule has 2 aromatic heterocycles. The number of pyridine rings is 1. The van der Waals surface area contributed by atoms with E-state index in [0.717, 1.165) is 17.5 Å². The normalized spacial score (nSPS) is 12.4. The van der Waals surface area contributed by atoms with E-state index in [2.05, 4.69) is 162 Å². The fourth-order valence-electron chi connectivity index (χ4n) is 7.65. The topological polar surface area (TPSA) is 17.8 Å². The molecule has 2 heterocycles. The third-order valence-electron chi connectivity index (χ3n) is 9.61. The van der Waals surface area contributed by atoms with Crippen molar-refractivity contribution in [1.82, 2.24) is 9.55 Å². The second-order valence-corrected chi connectivity index (χ2v) is 15.8. The van der Waals surface area contributed by atoms with E-state index in [1.54, 1.807) is 0 Å². The Morgan fingerprint density at radius 3 is 1.69 bits per heavy atom. The monoisotopic (exact) mass is 590 g/mol. The van der Waals surface area contributed by atoms with E-state index in [1.165, 1.54) is 59.6 Å². The number of hydrogen-bond acceptors (Lipinski definition) is 1. The van der Waals surface area contributed by atoms with Crippen LogP contribution < -0.4 is 20.7 Å². The Hall–Kier alpha value is -5.51. The molecule has 0 fully saturated rings. The van der Waals surface area contributed by atoms with Gasteiger partial charge in [0.1, 0.15) is 0 Å². The molecule has 6 aromatic carbocycles. The number of para-hydroxylation sites is 1. The Morgan fingerprint density at radius 2 is 1.02 bits per heavy atom. The van der Waals surface area contributed by atoms with Crippen LogP contribution in [-0.4, -0.2) is 17.6 Å². The molecule has 0 radical (unpaired) electrons. The first-order chi connectivity index (χ1) is 22.3. The summed E-state index contributed by atoms with van der Waals surface area (Å²) in [5.74, 6) is 0. The molecule has 212 valence electrons. The van der Waals surface area contributed by atoms with Crippen molar-refractivity contribution in [2.24, 2.45) is 0 Å². The van der Waals surface area contributed by atoms with E-state index in [-0.39, 0.29) is 0 Å². The van der Waals surface area contributed by atoms with Crippen LogP contribution in [-0.2, 0) is 6.42 Å². The Labute approximate surface area is 263 Å². The van der Waals surface area contributed by atoms with Gasteiger partial charge in [0.05, 0.1) is 16.6 Å². The maximum absolute atomic E-state index is 4.77. The highest BCUT2D eigenvalue weighted by atomic mass is 28.3. The third-order valence-corrected chi connectivity index (χ3v) is 14.4. The highest BCUT2D eigenvalue weighted by molar-refractivity contribution is 7.19. The van der Waals surface area contributed by atoms with Gasteiger partial charge < -0.3 is 4.57 Å². The Morgan fingerprint density at radius 1 is 0.467 bits per heavy atom. The second-order valence-electron chi connectivity index (χ2n) is 12.0. The molecule has 2 nitrogen and oxygen atoms in total. The molecule has 0 aliphatic heterocycles. The first-order valence-corrected chi connectivity index (χ1v) is 17.6. The van der Waals surface area contributed by atoms with Crippen molar-refractivity contribution in [3.63, 3.8) is 0 Å². The number of hydrogen-bond donors (Lipinski definition) is 0. The van der Waals surface area contributed by atoms with Gasteiger partial charge in [-0.15, -0.1) is 0 Å². The summed E-state index contributed by atoms with van der Waals surface area (Å²) in [7, 11) is -2.62. The summed E-state index contributed by atoms with van der Waals surface area (Å²) >= 11 is 0. The lowest BCUT2D eigenvalue weighted by Gasteiger charge is -2.34. The Balaban J connectivity index is 1.29. The van der Waals surface area contributed by atoms with Crippen molar-refractivity contribution in [2.45, 2.75) is 6.42 Å². The van der Waals surface area contributed by atoms with Gasteiger partial charge in [0.15, 0.2) is 8.07 Å². The lowest BCUT2D eigenvalue weighted by atomic mass is 10.0. The predicted octanol–water partition coefficient (Wildman–Crippen LogP) is 7.13. The van der Waals surface area contributed by atoms with Crippen LogP contribution in [0.1, 0.15) is 11.1 Å². The summed E-state index contributed by atoms with van der Waals surface area (Å²) in [5, 5.41) is 6.77. The number of aromatic nitrogens is 2. The molecule has 3 heteroatoms. The van der Waals surface area contributed by atoms with Crippen LogP contribution in [0.4, 0.5) is 0 Å². The van der Waals surface area contributed by atoms with Crippen LogP contribution in [0.5, 0.6) is 0 Å². The molecule has 0 N–H and O–H groups in total. The van der Waals surface area contributed by atoms with Gasteiger partial charge in [0, 0.05) is 17.3 Å². The summed E-state index contributed by atoms with van der Waals surface area (Å²) < 4.78 is 2.37. The van der Waals surface area contributed by atoms with Gasteiger partial charge in [0.25, 0.3) is 0 Å². The van der Waals surface area contributed by atoms with Gasteiger partial charge in [-0.25, -0.2) is 0 Å². The predicted molar refractivity (Wildman–Crippen MR) is 190 cm³/mol. The van der Waals surface area contributed by atoms with Gasteiger partial charge in [-0.1, -0.05) is 133 Å². The number of benzene rings is 6. The molecule has 0 spiro atoms. The fourth-order valence-corrected chi connectivity index (χ4v) is 12.4. The maximum atomic E-state index is 4.77. The zero-order chi connectivity index (χ0) is 29.8. The smallest absolute Gasteiger partial charge is 0.179 e. The summed E-state index contributed by atoms with van der Waals surface area (Å²) in [4.78, 5) is 4.77. The van der Waals surface area contributed by atoms with Crippen LogP contribution in [0, 0.1) is 0 Å². The largest absolute Gasteiger partial charge is 0.308 e. The molecular formula is C42H30N2Si. The zero-order valence-electron chi connectivity index (χ0n) is 24.8. The third kappa shape index (κ3) is 3.91. The summed E-state index contributed by atoms with van der Waals surface area (Å²) in [5.41, 5.74) is 9.99. The summed E-state index contributed by atoms with van der Waals surface area (Å²) in [6.07, 6.45) is 2.85. The summed E-state index contributed by atoms with van der Waals surface area (Å²) in [6.45, 7) is 0. The lowest BCUT2D eigenvalue weighted by molar-refractivity contribution is 1.17. The minimum absolute atomic E-state index is 0.955. The molecule has 0 saturated carbocycles. The summed E-state index contributed by atoms with van der Waals surface area (Å²) in [6, 6.07) is 60.7. The van der Waals surface area contributed by atoms with E-state index >= 15 is 0 Å². The molecule has 45 heavy (non-hydrogen) atoms. The van der Waals surface area contributed by atoms with E-state index < -0.39 is 8.07 Å². The average molecular weight is 591 g/mol. The van der Waals surface area contributed by atoms with Gasteiger partial charge in [-0.2, -0.15) is 0 Å². The Kier molecular flexibility index (Phi) is 5.93. The molecule has 1 aliphatic carbocycles. The van der Waals surface area contributed by atoms with Gasteiger partial charge in [0.2, 0.25) is 0 Å². The van der Waals surface area contributed by atoms with Crippen LogP contribution >= 0.6 is 0 Å². The molecule has 8 aromatic rings. The molecule has 0 amide bonds. The van der Waals surface area contributed by atoms with E-state index in [4.69, 9.17) is 4.98 Å². The van der Waals surface area contributed by atoms with Gasteiger partial charge in [-0.05, 0) is 79.8 Å². The lowest BCUT2D eigenvalue weighted by Crippen LogP contribution is -2.74. The number of rotatable bonds is 5. The SMILES string of the molecule is c1ccc([Si](c2ccccc2)(c2ccccc2)c2ccc3c(c2)-c2cc(-n4c5ccccc5c5ncccc54)ccc2C3)cc1. The molecule has 0 atom stereocenters. The second kappa shape index (κ2) is 10.3. The van der Waals surface area contributed by atoms with E-state index in [0.29, 0.717) is 0 Å². The van der Waals surface area contributed by atoms with Crippen molar-refractivity contribution >= 4 is 50.8 Å². The molecule has 0 unspecified atom stereocenters. The quantitative estimate of drug-likeness (QED) is 0.154. The molecule has 0 bridgehead atoms. The van der Waals surface area contributed by atoms with Crippen molar-refractivity contribution in [3.05, 3.63) is 181 Å². The highest BCUT2D eigenvalue weighted by Crippen LogP contribution is 2.39. The van der Waals surface area contributed by atoms with Gasteiger partial charge in [-0.3, -0.25) is 4.98 Å². The first kappa shape index (κ1) is 25.9. The number of nitrogens with zero attached hydrogens (tertiary/aromatic N) is 2. The van der Waals surface area contributed by atoms with Crippen LogP contribution in [0.15, 0.2) is 170 Å². The minimum atomic E-state index is -2.62. The maximum Gasteiger partial charge on any atom is 0.179 e.